The molecule has 0 radical (unpaired) electrons. The number of hydrogen-bond acceptors (Lipinski definition) is 7. The van der Waals surface area contributed by atoms with Gasteiger partial charge in [0, 0.05) is 19.0 Å². The number of azide groups is 1. The monoisotopic (exact) mass is 391 g/mol. The van der Waals surface area contributed by atoms with Crippen molar-refractivity contribution in [1.82, 2.24) is 20.1 Å². The molecule has 0 fully saturated rings. The zero-order chi connectivity index (χ0) is 21.1. The topological polar surface area (TPSA) is 134 Å². The normalized spacial score (nSPS) is 9.46. The standard InChI is InChI=1S/C8H9FN2O2.C8H9N5O2/c1-11(13-2)8(12)6-4-3-5-7(9)10-6;1-13(15-2)8(14)6-4-3-5-7(10-6)11-12-9/h3-5H,1-2H3;3-5H,1-2H3. The molecule has 2 aromatic heterocycles. The number of halogens is 1. The van der Waals surface area contributed by atoms with E-state index in [2.05, 4.69) is 24.8 Å². The number of hydroxylamine groups is 4. The summed E-state index contributed by atoms with van der Waals surface area (Å²) in [6.07, 6.45) is 0. The summed E-state index contributed by atoms with van der Waals surface area (Å²) in [4.78, 5) is 42.0. The number of aromatic nitrogens is 2. The summed E-state index contributed by atoms with van der Waals surface area (Å²) < 4.78 is 12.6. The molecule has 0 aliphatic rings. The fourth-order valence-corrected chi connectivity index (χ4v) is 1.66. The van der Waals surface area contributed by atoms with Gasteiger partial charge in [-0.25, -0.2) is 20.1 Å². The van der Waals surface area contributed by atoms with E-state index in [9.17, 15) is 14.0 Å². The van der Waals surface area contributed by atoms with Crippen molar-refractivity contribution in [2.45, 2.75) is 0 Å². The van der Waals surface area contributed by atoms with Gasteiger partial charge in [0.2, 0.25) is 5.95 Å². The molecule has 12 heteroatoms. The van der Waals surface area contributed by atoms with Crippen molar-refractivity contribution in [2.75, 3.05) is 28.3 Å². The predicted molar refractivity (Wildman–Crippen MR) is 95.4 cm³/mol. The summed E-state index contributed by atoms with van der Waals surface area (Å²) in [6, 6.07) is 8.59. The number of nitrogens with zero attached hydrogens (tertiary/aromatic N) is 7. The number of pyridine rings is 2. The van der Waals surface area contributed by atoms with Gasteiger partial charge in [0.1, 0.15) is 17.2 Å². The van der Waals surface area contributed by atoms with Crippen LogP contribution in [-0.4, -0.2) is 60.2 Å². The minimum absolute atomic E-state index is 0.0179. The van der Waals surface area contributed by atoms with Crippen molar-refractivity contribution in [1.29, 1.82) is 0 Å². The Hall–Kier alpha value is -3.60. The van der Waals surface area contributed by atoms with E-state index in [-0.39, 0.29) is 17.2 Å². The molecule has 148 valence electrons. The van der Waals surface area contributed by atoms with E-state index in [0.717, 1.165) is 10.1 Å². The van der Waals surface area contributed by atoms with Gasteiger partial charge in [0.05, 0.1) is 14.2 Å². The zero-order valence-electron chi connectivity index (χ0n) is 15.6. The summed E-state index contributed by atoms with van der Waals surface area (Å²) in [6.45, 7) is 0. The smallest absolute Gasteiger partial charge is 0.274 e. The van der Waals surface area contributed by atoms with Crippen LogP contribution in [0.1, 0.15) is 21.0 Å². The van der Waals surface area contributed by atoms with Gasteiger partial charge in [-0.05, 0) is 34.9 Å². The molecule has 2 heterocycles. The Labute approximate surface area is 159 Å². The lowest BCUT2D eigenvalue weighted by molar-refractivity contribution is -0.0761. The summed E-state index contributed by atoms with van der Waals surface area (Å²) in [5.74, 6) is -1.43. The van der Waals surface area contributed by atoms with Gasteiger partial charge in [-0.1, -0.05) is 12.1 Å². The maximum atomic E-state index is 12.6. The lowest BCUT2D eigenvalue weighted by atomic mass is 10.3. The average molecular weight is 391 g/mol. The summed E-state index contributed by atoms with van der Waals surface area (Å²) in [5, 5.41) is 5.30. The summed E-state index contributed by atoms with van der Waals surface area (Å²) in [7, 11) is 5.60. The highest BCUT2D eigenvalue weighted by molar-refractivity contribution is 5.91. The Kier molecular flexibility index (Phi) is 8.96. The molecule has 0 atom stereocenters. The van der Waals surface area contributed by atoms with Gasteiger partial charge < -0.3 is 0 Å². The van der Waals surface area contributed by atoms with Crippen molar-refractivity contribution in [2.24, 2.45) is 5.11 Å². The van der Waals surface area contributed by atoms with Crippen molar-refractivity contribution < 1.29 is 23.7 Å². The first-order valence-corrected chi connectivity index (χ1v) is 7.63. The van der Waals surface area contributed by atoms with E-state index >= 15 is 0 Å². The summed E-state index contributed by atoms with van der Waals surface area (Å²) >= 11 is 0. The van der Waals surface area contributed by atoms with Crippen LogP contribution in [-0.2, 0) is 9.68 Å². The molecular weight excluding hydrogens is 373 g/mol. The Bertz CT molecular complexity index is 874. The third-order valence-corrected chi connectivity index (χ3v) is 3.15. The van der Waals surface area contributed by atoms with Crippen molar-refractivity contribution in [3.8, 4) is 0 Å². The van der Waals surface area contributed by atoms with Crippen molar-refractivity contribution in [3.63, 3.8) is 0 Å². The van der Waals surface area contributed by atoms with Gasteiger partial charge in [-0.2, -0.15) is 4.39 Å². The second kappa shape index (κ2) is 11.2. The highest BCUT2D eigenvalue weighted by Gasteiger charge is 2.13. The maximum absolute atomic E-state index is 12.6. The molecule has 0 N–H and O–H groups in total. The highest BCUT2D eigenvalue weighted by atomic mass is 19.1. The van der Waals surface area contributed by atoms with E-state index in [4.69, 9.17) is 10.4 Å². The summed E-state index contributed by atoms with van der Waals surface area (Å²) in [5.41, 5.74) is 8.38. The van der Waals surface area contributed by atoms with Crippen molar-refractivity contribution >= 4 is 17.6 Å². The number of carbonyl (C=O) groups is 2. The molecule has 11 nitrogen and oxygen atoms in total. The van der Waals surface area contributed by atoms with Crippen LogP contribution >= 0.6 is 0 Å². The Morgan fingerprint density at radius 2 is 1.50 bits per heavy atom. The van der Waals surface area contributed by atoms with Crippen LogP contribution in [0.2, 0.25) is 0 Å². The van der Waals surface area contributed by atoms with Gasteiger partial charge >= 0.3 is 0 Å². The van der Waals surface area contributed by atoms with Crippen LogP contribution in [0.15, 0.2) is 41.5 Å². The van der Waals surface area contributed by atoms with Crippen LogP contribution in [0.3, 0.4) is 0 Å². The van der Waals surface area contributed by atoms with E-state index in [1.807, 2.05) is 0 Å². The van der Waals surface area contributed by atoms with Gasteiger partial charge in [-0.3, -0.25) is 19.3 Å². The lowest BCUT2D eigenvalue weighted by Gasteiger charge is -2.12. The second-order valence-electron chi connectivity index (χ2n) is 4.89. The minimum atomic E-state index is -0.685. The first-order chi connectivity index (χ1) is 13.3. The molecule has 0 saturated heterocycles. The quantitative estimate of drug-likeness (QED) is 0.253. The van der Waals surface area contributed by atoms with E-state index < -0.39 is 17.8 Å². The molecule has 2 rings (SSSR count). The minimum Gasteiger partial charge on any atom is -0.274 e. The molecule has 0 bridgehead atoms. The van der Waals surface area contributed by atoms with Gasteiger partial charge in [0.25, 0.3) is 11.8 Å². The highest BCUT2D eigenvalue weighted by Crippen LogP contribution is 2.10. The largest absolute Gasteiger partial charge is 0.295 e. The molecule has 0 unspecified atom stereocenters. The van der Waals surface area contributed by atoms with Crippen molar-refractivity contribution in [3.05, 3.63) is 64.2 Å². The van der Waals surface area contributed by atoms with Gasteiger partial charge in [0.15, 0.2) is 0 Å². The molecule has 0 aromatic carbocycles. The molecule has 0 saturated carbocycles. The van der Waals surface area contributed by atoms with Crippen LogP contribution in [0.5, 0.6) is 0 Å². The zero-order valence-corrected chi connectivity index (χ0v) is 15.6. The Morgan fingerprint density at radius 1 is 1.00 bits per heavy atom. The molecule has 0 spiro atoms. The lowest BCUT2D eigenvalue weighted by Crippen LogP contribution is -2.26. The van der Waals surface area contributed by atoms with Crippen LogP contribution in [0.25, 0.3) is 10.4 Å². The molecular formula is C16H18FN7O4. The second-order valence-corrected chi connectivity index (χ2v) is 4.89. The molecule has 0 aliphatic carbocycles. The molecule has 2 aromatic rings. The fourth-order valence-electron chi connectivity index (χ4n) is 1.66. The van der Waals surface area contributed by atoms with E-state index in [1.54, 1.807) is 6.07 Å². The molecule has 2 amide bonds. The molecule has 0 aliphatic heterocycles. The van der Waals surface area contributed by atoms with Gasteiger partial charge in [-0.15, -0.1) is 0 Å². The first kappa shape index (κ1) is 22.4. The molecule has 28 heavy (non-hydrogen) atoms. The maximum Gasteiger partial charge on any atom is 0.295 e. The Morgan fingerprint density at radius 3 is 1.96 bits per heavy atom. The fraction of sp³-hybridized carbons (Fsp3) is 0.250. The number of rotatable bonds is 5. The number of hydrogen-bond donors (Lipinski definition) is 0. The van der Waals surface area contributed by atoms with E-state index in [1.165, 1.54) is 58.6 Å². The average Bonchev–Trinajstić information content (AvgIpc) is 2.72. The van der Waals surface area contributed by atoms with E-state index in [0.29, 0.717) is 0 Å². The third kappa shape index (κ3) is 6.61. The number of amides is 2. The third-order valence-electron chi connectivity index (χ3n) is 3.15. The van der Waals surface area contributed by atoms with Crippen LogP contribution < -0.4 is 0 Å². The SMILES string of the molecule is CON(C)C(=O)c1cccc(F)n1.CON(C)C(=O)c1cccc(N=[N+]=[N-])n1. The first-order valence-electron chi connectivity index (χ1n) is 7.63. The Balaban J connectivity index is 0.000000283. The van der Waals surface area contributed by atoms with Crippen LogP contribution in [0.4, 0.5) is 10.2 Å². The predicted octanol–water partition coefficient (Wildman–Crippen LogP) is 2.51. The number of carbonyl (C=O) groups excluding carboxylic acids is 2. The van der Waals surface area contributed by atoms with Crippen LogP contribution in [0, 0.1) is 5.95 Å².